The molecule has 4 nitrogen and oxygen atoms in total. The van der Waals surface area contributed by atoms with Gasteiger partial charge in [-0.1, -0.05) is 29.8 Å². The Balaban J connectivity index is 2.08. The van der Waals surface area contributed by atoms with Gasteiger partial charge in [-0.15, -0.1) is 0 Å². The highest BCUT2D eigenvalue weighted by Gasteiger charge is 2.12. The van der Waals surface area contributed by atoms with Gasteiger partial charge in [-0.2, -0.15) is 0 Å². The Morgan fingerprint density at radius 1 is 1.04 bits per heavy atom. The Labute approximate surface area is 158 Å². The highest BCUT2D eigenvalue weighted by molar-refractivity contribution is 9.10. The van der Waals surface area contributed by atoms with Gasteiger partial charge in [-0.25, -0.2) is 0 Å². The number of hydrogen-bond donors (Lipinski definition) is 1. The van der Waals surface area contributed by atoms with E-state index in [1.54, 1.807) is 7.11 Å². The standard InChI is InChI=1S/C20H26BrNO3/c1-4-24-19-12-17(13-22-9-10-23-3)11-18(21)20(19)25-14-16-7-5-15(2)6-8-16/h5-8,11-12,22H,4,9-10,13-14H2,1-3H3. The zero-order chi connectivity index (χ0) is 18.1. The van der Waals surface area contributed by atoms with E-state index in [1.165, 1.54) is 5.56 Å². The van der Waals surface area contributed by atoms with Crippen LogP contribution in [0.5, 0.6) is 11.5 Å². The molecule has 0 aromatic heterocycles. The van der Waals surface area contributed by atoms with Gasteiger partial charge in [0, 0.05) is 20.2 Å². The van der Waals surface area contributed by atoms with E-state index >= 15 is 0 Å². The molecule has 0 unspecified atom stereocenters. The van der Waals surface area contributed by atoms with Gasteiger partial charge in [0.05, 0.1) is 17.7 Å². The van der Waals surface area contributed by atoms with E-state index in [0.29, 0.717) is 19.8 Å². The molecule has 2 rings (SSSR count). The van der Waals surface area contributed by atoms with Crippen molar-refractivity contribution in [2.45, 2.75) is 27.0 Å². The fourth-order valence-corrected chi connectivity index (χ4v) is 2.98. The highest BCUT2D eigenvalue weighted by atomic mass is 79.9. The zero-order valence-corrected chi connectivity index (χ0v) is 16.7. The fourth-order valence-electron chi connectivity index (χ4n) is 2.37. The number of nitrogens with one attached hydrogen (secondary N) is 1. The largest absolute Gasteiger partial charge is 0.490 e. The molecule has 0 aliphatic heterocycles. The number of halogens is 1. The lowest BCUT2D eigenvalue weighted by Crippen LogP contribution is -2.18. The first-order valence-electron chi connectivity index (χ1n) is 8.47. The lowest BCUT2D eigenvalue weighted by atomic mass is 10.1. The molecule has 2 aromatic rings. The third-order valence-corrected chi connectivity index (χ3v) is 4.27. The SMILES string of the molecule is CCOc1cc(CNCCOC)cc(Br)c1OCc1ccc(C)cc1. The Bertz CT molecular complexity index is 659. The van der Waals surface area contributed by atoms with Gasteiger partial charge < -0.3 is 19.5 Å². The summed E-state index contributed by atoms with van der Waals surface area (Å²) >= 11 is 3.62. The molecule has 0 aliphatic carbocycles. The second kappa shape index (κ2) is 10.4. The van der Waals surface area contributed by atoms with Crippen LogP contribution in [0.25, 0.3) is 0 Å². The molecule has 0 saturated heterocycles. The number of aryl methyl sites for hydroxylation is 1. The van der Waals surface area contributed by atoms with Crippen molar-refractivity contribution in [2.75, 3.05) is 26.9 Å². The van der Waals surface area contributed by atoms with Crippen LogP contribution in [0.4, 0.5) is 0 Å². The Hall–Kier alpha value is -1.56. The molecule has 2 aromatic carbocycles. The van der Waals surface area contributed by atoms with Crippen LogP contribution in [0, 0.1) is 6.92 Å². The van der Waals surface area contributed by atoms with Crippen LogP contribution < -0.4 is 14.8 Å². The molecular formula is C20H26BrNO3. The second-order valence-corrected chi connectivity index (χ2v) is 6.64. The lowest BCUT2D eigenvalue weighted by molar-refractivity contribution is 0.199. The van der Waals surface area contributed by atoms with E-state index in [0.717, 1.165) is 40.2 Å². The van der Waals surface area contributed by atoms with Crippen molar-refractivity contribution in [1.82, 2.24) is 5.32 Å². The van der Waals surface area contributed by atoms with Gasteiger partial charge in [0.2, 0.25) is 0 Å². The first-order chi connectivity index (χ1) is 12.1. The van der Waals surface area contributed by atoms with E-state index in [9.17, 15) is 0 Å². The Kier molecular flexibility index (Phi) is 8.25. The summed E-state index contributed by atoms with van der Waals surface area (Å²) in [6.45, 7) is 7.40. The maximum atomic E-state index is 6.03. The van der Waals surface area contributed by atoms with Crippen molar-refractivity contribution in [3.05, 3.63) is 57.6 Å². The molecule has 5 heteroatoms. The van der Waals surface area contributed by atoms with E-state index in [-0.39, 0.29) is 0 Å². The molecule has 136 valence electrons. The molecule has 0 spiro atoms. The van der Waals surface area contributed by atoms with Crippen LogP contribution in [0.1, 0.15) is 23.6 Å². The average molecular weight is 408 g/mol. The van der Waals surface area contributed by atoms with Gasteiger partial charge in [0.25, 0.3) is 0 Å². The van der Waals surface area contributed by atoms with Gasteiger partial charge in [-0.3, -0.25) is 0 Å². The first-order valence-corrected chi connectivity index (χ1v) is 9.26. The third-order valence-electron chi connectivity index (χ3n) is 3.69. The van der Waals surface area contributed by atoms with Crippen LogP contribution in [-0.2, 0) is 17.9 Å². The van der Waals surface area contributed by atoms with Gasteiger partial charge in [0.1, 0.15) is 6.61 Å². The molecular weight excluding hydrogens is 382 g/mol. The third kappa shape index (κ3) is 6.34. The van der Waals surface area contributed by atoms with E-state index in [2.05, 4.69) is 58.5 Å². The lowest BCUT2D eigenvalue weighted by Gasteiger charge is -2.16. The van der Waals surface area contributed by atoms with Crippen LogP contribution in [0.15, 0.2) is 40.9 Å². The quantitative estimate of drug-likeness (QED) is 0.589. The average Bonchev–Trinajstić information content (AvgIpc) is 2.60. The zero-order valence-electron chi connectivity index (χ0n) is 15.1. The van der Waals surface area contributed by atoms with Gasteiger partial charge in [0.15, 0.2) is 11.5 Å². The molecule has 0 aliphatic rings. The molecule has 1 N–H and O–H groups in total. The summed E-state index contributed by atoms with van der Waals surface area (Å²) in [6.07, 6.45) is 0. The van der Waals surface area contributed by atoms with E-state index in [4.69, 9.17) is 14.2 Å². The normalized spacial score (nSPS) is 10.7. The van der Waals surface area contributed by atoms with Crippen LogP contribution in [0.3, 0.4) is 0 Å². The summed E-state index contributed by atoms with van der Waals surface area (Å²) in [4.78, 5) is 0. The van der Waals surface area contributed by atoms with Crippen molar-refractivity contribution in [3.8, 4) is 11.5 Å². The first kappa shape index (κ1) is 19.8. The summed E-state index contributed by atoms with van der Waals surface area (Å²) < 4.78 is 17.8. The summed E-state index contributed by atoms with van der Waals surface area (Å²) in [7, 11) is 1.70. The predicted molar refractivity (Wildman–Crippen MR) is 104 cm³/mol. The smallest absolute Gasteiger partial charge is 0.175 e. The Morgan fingerprint density at radius 3 is 2.48 bits per heavy atom. The number of benzene rings is 2. The molecule has 0 radical (unpaired) electrons. The number of hydrogen-bond acceptors (Lipinski definition) is 4. The molecule has 25 heavy (non-hydrogen) atoms. The van der Waals surface area contributed by atoms with Crippen LogP contribution >= 0.6 is 15.9 Å². The van der Waals surface area contributed by atoms with Crippen LogP contribution in [0.2, 0.25) is 0 Å². The van der Waals surface area contributed by atoms with E-state index < -0.39 is 0 Å². The number of rotatable bonds is 10. The minimum absolute atomic E-state index is 0.504. The second-order valence-electron chi connectivity index (χ2n) is 5.78. The molecule has 0 bridgehead atoms. The minimum atomic E-state index is 0.504. The van der Waals surface area contributed by atoms with Crippen molar-refractivity contribution >= 4 is 15.9 Å². The van der Waals surface area contributed by atoms with Crippen LogP contribution in [-0.4, -0.2) is 26.9 Å². The minimum Gasteiger partial charge on any atom is -0.490 e. The maximum Gasteiger partial charge on any atom is 0.175 e. The van der Waals surface area contributed by atoms with Gasteiger partial charge >= 0.3 is 0 Å². The summed E-state index contributed by atoms with van der Waals surface area (Å²) in [6, 6.07) is 12.4. The van der Waals surface area contributed by atoms with Crippen molar-refractivity contribution in [3.63, 3.8) is 0 Å². The van der Waals surface area contributed by atoms with Crippen molar-refractivity contribution in [2.24, 2.45) is 0 Å². The molecule has 0 saturated carbocycles. The van der Waals surface area contributed by atoms with Gasteiger partial charge in [-0.05, 0) is 53.0 Å². The predicted octanol–water partition coefficient (Wildman–Crippen LogP) is 4.47. The number of methoxy groups -OCH3 is 1. The summed E-state index contributed by atoms with van der Waals surface area (Å²) in [5.41, 5.74) is 3.50. The molecule has 0 amide bonds. The summed E-state index contributed by atoms with van der Waals surface area (Å²) in [5.74, 6) is 1.50. The highest BCUT2D eigenvalue weighted by Crippen LogP contribution is 2.37. The van der Waals surface area contributed by atoms with Crippen molar-refractivity contribution in [1.29, 1.82) is 0 Å². The Morgan fingerprint density at radius 2 is 1.80 bits per heavy atom. The molecule has 0 heterocycles. The monoisotopic (exact) mass is 407 g/mol. The molecule has 0 fully saturated rings. The maximum absolute atomic E-state index is 6.03. The molecule has 0 atom stereocenters. The summed E-state index contributed by atoms with van der Waals surface area (Å²) in [5, 5.41) is 3.34. The van der Waals surface area contributed by atoms with E-state index in [1.807, 2.05) is 13.0 Å². The topological polar surface area (TPSA) is 39.7 Å². The number of ether oxygens (including phenoxy) is 3. The fraction of sp³-hybridized carbons (Fsp3) is 0.400. The van der Waals surface area contributed by atoms with Crippen molar-refractivity contribution < 1.29 is 14.2 Å².